The molecule has 8 aromatic rings. The number of benzene rings is 4. The van der Waals surface area contributed by atoms with Crippen molar-refractivity contribution in [1.82, 2.24) is 19.9 Å². The van der Waals surface area contributed by atoms with Crippen LogP contribution in [0.3, 0.4) is 0 Å². The van der Waals surface area contributed by atoms with Gasteiger partial charge in [-0.2, -0.15) is 0 Å². The summed E-state index contributed by atoms with van der Waals surface area (Å²) in [5, 5.41) is 6.92. The van der Waals surface area contributed by atoms with Gasteiger partial charge in [0.05, 0.1) is 22.7 Å². The Bertz CT molecular complexity index is 2420. The highest BCUT2D eigenvalue weighted by Crippen LogP contribution is 2.37. The predicted molar refractivity (Wildman–Crippen MR) is 183 cm³/mol. The molecule has 46 heavy (non-hydrogen) atoms. The van der Waals surface area contributed by atoms with Crippen molar-refractivity contribution in [2.24, 2.45) is 9.98 Å². The van der Waals surface area contributed by atoms with Gasteiger partial charge in [-0.15, -0.1) is 0 Å². The minimum absolute atomic E-state index is 0.307. The summed E-state index contributed by atoms with van der Waals surface area (Å²) in [6.07, 6.45) is 8.65. The predicted octanol–water partition coefficient (Wildman–Crippen LogP) is 8.48. The normalized spacial score (nSPS) is 14.7. The highest BCUT2D eigenvalue weighted by molar-refractivity contribution is 6.19. The molecule has 4 aromatic heterocycles. The average molecular weight is 595 g/mol. The van der Waals surface area contributed by atoms with Gasteiger partial charge in [-0.3, -0.25) is 9.97 Å². The van der Waals surface area contributed by atoms with E-state index in [0.717, 1.165) is 72.1 Å². The third-order valence-electron chi connectivity index (χ3n) is 8.57. The number of furan rings is 1. The van der Waals surface area contributed by atoms with Crippen LogP contribution in [0.25, 0.3) is 49.6 Å². The third kappa shape index (κ3) is 4.37. The van der Waals surface area contributed by atoms with Gasteiger partial charge in [0, 0.05) is 52.4 Å². The molecule has 1 unspecified atom stereocenters. The maximum absolute atomic E-state index is 5.95. The van der Waals surface area contributed by atoms with E-state index in [4.69, 9.17) is 14.4 Å². The summed E-state index contributed by atoms with van der Waals surface area (Å²) < 4.78 is 8.24. The largest absolute Gasteiger partial charge is 0.464 e. The molecule has 0 radical (unpaired) electrons. The van der Waals surface area contributed by atoms with Crippen molar-refractivity contribution in [3.8, 4) is 16.8 Å². The topological polar surface area (TPSA) is 80.6 Å². The maximum Gasteiger partial charge on any atom is 0.159 e. The van der Waals surface area contributed by atoms with E-state index in [9.17, 15) is 0 Å². The first kappa shape index (κ1) is 26.1. The Morgan fingerprint density at radius 1 is 0.609 bits per heavy atom. The average Bonchev–Trinajstić information content (AvgIpc) is 3.75. The van der Waals surface area contributed by atoms with E-state index in [1.807, 2.05) is 42.7 Å². The number of para-hydroxylation sites is 1. The SMILES string of the molecule is c1ccc2c(c1)c1c3occc3ccc1n2-c1ccc(C2=NC(c3ccncc3)NC(c3ccc(-c4ccncc4)cc3)=N2)cc1. The third-order valence-corrected chi connectivity index (χ3v) is 8.57. The van der Waals surface area contributed by atoms with Crippen LogP contribution in [-0.4, -0.2) is 26.2 Å². The summed E-state index contributed by atoms with van der Waals surface area (Å²) >= 11 is 0. The first-order valence-electron chi connectivity index (χ1n) is 15.1. The van der Waals surface area contributed by atoms with Gasteiger partial charge in [-0.25, -0.2) is 9.98 Å². The number of rotatable bonds is 5. The lowest BCUT2D eigenvalue weighted by molar-refractivity contribution is 0.619. The van der Waals surface area contributed by atoms with E-state index >= 15 is 0 Å². The molecule has 4 aromatic carbocycles. The van der Waals surface area contributed by atoms with Crippen LogP contribution in [0.1, 0.15) is 22.9 Å². The molecule has 0 saturated carbocycles. The van der Waals surface area contributed by atoms with Gasteiger partial charge < -0.3 is 14.3 Å². The lowest BCUT2D eigenvalue weighted by atomic mass is 10.0. The molecule has 0 bridgehead atoms. The molecule has 1 aliphatic heterocycles. The summed E-state index contributed by atoms with van der Waals surface area (Å²) in [5.41, 5.74) is 9.36. The van der Waals surface area contributed by atoms with E-state index < -0.39 is 0 Å². The second kappa shape index (κ2) is 10.7. The van der Waals surface area contributed by atoms with Crippen LogP contribution in [0, 0.1) is 0 Å². The van der Waals surface area contributed by atoms with Crippen LogP contribution < -0.4 is 5.32 Å². The van der Waals surface area contributed by atoms with Crippen molar-refractivity contribution in [2.75, 3.05) is 0 Å². The number of nitrogens with zero attached hydrogens (tertiary/aromatic N) is 5. The molecule has 1 N–H and O–H groups in total. The molecular formula is C39H26N6O. The van der Waals surface area contributed by atoms with Crippen molar-refractivity contribution in [3.05, 3.63) is 163 Å². The van der Waals surface area contributed by atoms with Gasteiger partial charge in [0.15, 0.2) is 5.84 Å². The molecule has 0 saturated heterocycles. The lowest BCUT2D eigenvalue weighted by Gasteiger charge is -2.23. The Kier molecular flexibility index (Phi) is 6.06. The van der Waals surface area contributed by atoms with E-state index in [1.165, 1.54) is 0 Å². The van der Waals surface area contributed by atoms with E-state index in [1.54, 1.807) is 18.7 Å². The molecule has 7 nitrogen and oxygen atoms in total. The summed E-state index contributed by atoms with van der Waals surface area (Å²) in [5.74, 6) is 1.43. The highest BCUT2D eigenvalue weighted by Gasteiger charge is 2.22. The summed E-state index contributed by atoms with van der Waals surface area (Å²) in [6.45, 7) is 0. The molecule has 0 fully saturated rings. The minimum atomic E-state index is -0.307. The number of nitrogens with one attached hydrogen (secondary N) is 1. The van der Waals surface area contributed by atoms with E-state index in [0.29, 0.717) is 5.84 Å². The van der Waals surface area contributed by atoms with Crippen molar-refractivity contribution in [2.45, 2.75) is 6.17 Å². The lowest BCUT2D eigenvalue weighted by Crippen LogP contribution is -2.33. The van der Waals surface area contributed by atoms with Crippen LogP contribution in [0.5, 0.6) is 0 Å². The minimum Gasteiger partial charge on any atom is -0.464 e. The molecule has 0 aliphatic carbocycles. The number of hydrogen-bond acceptors (Lipinski definition) is 6. The number of aromatic nitrogens is 3. The van der Waals surface area contributed by atoms with Gasteiger partial charge in [0.25, 0.3) is 0 Å². The van der Waals surface area contributed by atoms with Crippen LogP contribution in [0.2, 0.25) is 0 Å². The summed E-state index contributed by atoms with van der Waals surface area (Å²) in [6, 6.07) is 39.6. The van der Waals surface area contributed by atoms with Crippen molar-refractivity contribution >= 4 is 44.4 Å². The standard InChI is InChI=1S/C39H26N6O/c1-2-4-33-32(3-1)35-34(14-11-27-19-24-46-36(27)35)45(33)31-12-9-29(10-13-31)38-42-37(43-39(44-38)30-17-22-41-23-18-30)28-7-5-25(6-8-28)26-15-20-40-21-16-26/h1-24,39H,(H,42,43,44). The monoisotopic (exact) mass is 594 g/mol. The van der Waals surface area contributed by atoms with E-state index in [-0.39, 0.29) is 6.17 Å². The first-order valence-corrected chi connectivity index (χ1v) is 15.1. The fourth-order valence-corrected chi connectivity index (χ4v) is 6.32. The Labute approximate surface area is 264 Å². The Hall–Kier alpha value is -6.34. The van der Waals surface area contributed by atoms with Gasteiger partial charge >= 0.3 is 0 Å². The van der Waals surface area contributed by atoms with Gasteiger partial charge in [-0.1, -0.05) is 42.5 Å². The van der Waals surface area contributed by atoms with Crippen LogP contribution >= 0.6 is 0 Å². The van der Waals surface area contributed by atoms with Crippen molar-refractivity contribution in [1.29, 1.82) is 0 Å². The molecule has 0 spiro atoms. The summed E-state index contributed by atoms with van der Waals surface area (Å²) in [7, 11) is 0. The first-order chi connectivity index (χ1) is 22.8. The van der Waals surface area contributed by atoms with Crippen LogP contribution in [0.15, 0.2) is 161 Å². The van der Waals surface area contributed by atoms with Gasteiger partial charge in [0.1, 0.15) is 17.6 Å². The highest BCUT2D eigenvalue weighted by atomic mass is 16.3. The quantitative estimate of drug-likeness (QED) is 0.217. The smallest absolute Gasteiger partial charge is 0.159 e. The molecule has 5 heterocycles. The van der Waals surface area contributed by atoms with E-state index in [2.05, 4.69) is 105 Å². The second-order valence-electron chi connectivity index (χ2n) is 11.3. The van der Waals surface area contributed by atoms with Crippen molar-refractivity contribution in [3.63, 3.8) is 0 Å². The molecule has 218 valence electrons. The van der Waals surface area contributed by atoms with Crippen molar-refractivity contribution < 1.29 is 4.42 Å². The molecule has 1 atom stereocenters. The number of aliphatic imine (C=N–C) groups is 2. The number of amidine groups is 2. The number of hydrogen-bond donors (Lipinski definition) is 1. The maximum atomic E-state index is 5.95. The fraction of sp³-hybridized carbons (Fsp3) is 0.0256. The number of pyridine rings is 2. The molecule has 9 rings (SSSR count). The molecule has 0 amide bonds. The Morgan fingerprint density at radius 2 is 1.30 bits per heavy atom. The number of fused-ring (bicyclic) bond motifs is 5. The zero-order valence-electron chi connectivity index (χ0n) is 24.6. The van der Waals surface area contributed by atoms with Crippen LogP contribution in [-0.2, 0) is 0 Å². The molecular weight excluding hydrogens is 568 g/mol. The summed E-state index contributed by atoms with van der Waals surface area (Å²) in [4.78, 5) is 18.4. The Morgan fingerprint density at radius 3 is 2.11 bits per heavy atom. The van der Waals surface area contributed by atoms with Gasteiger partial charge in [0.2, 0.25) is 0 Å². The molecule has 1 aliphatic rings. The second-order valence-corrected chi connectivity index (χ2v) is 11.3. The Balaban J connectivity index is 1.12. The molecule has 7 heteroatoms. The van der Waals surface area contributed by atoms with Crippen LogP contribution in [0.4, 0.5) is 0 Å². The van der Waals surface area contributed by atoms with Gasteiger partial charge in [-0.05, 0) is 89.5 Å². The fourth-order valence-electron chi connectivity index (χ4n) is 6.32. The zero-order valence-corrected chi connectivity index (χ0v) is 24.6. The zero-order chi connectivity index (χ0) is 30.5.